The van der Waals surface area contributed by atoms with E-state index in [4.69, 9.17) is 10.8 Å². The van der Waals surface area contributed by atoms with Gasteiger partial charge in [-0.25, -0.2) is 0 Å². The monoisotopic (exact) mass is 559 g/mol. The quantitative estimate of drug-likeness (QED) is 0.0886. The van der Waals surface area contributed by atoms with E-state index in [1.54, 1.807) is 13.8 Å². The van der Waals surface area contributed by atoms with Crippen molar-refractivity contribution in [3.05, 3.63) is 0 Å². The predicted octanol–water partition coefficient (Wildman–Crippen LogP) is -3.94. The van der Waals surface area contributed by atoms with E-state index in [1.807, 2.05) is 0 Å². The molecule has 0 aliphatic rings. The molecule has 0 aliphatic heterocycles. The van der Waals surface area contributed by atoms with Crippen molar-refractivity contribution < 1.29 is 43.8 Å². The Balaban J connectivity index is 5.19. The molecule has 0 aromatic heterocycles. The third kappa shape index (κ3) is 12.5. The van der Waals surface area contributed by atoms with E-state index >= 15 is 0 Å². The zero-order valence-corrected chi connectivity index (χ0v) is 23.0. The number of aliphatic hydroxyl groups excluding tert-OH is 1. The van der Waals surface area contributed by atoms with Crippen LogP contribution in [-0.2, 0) is 33.6 Å². The lowest BCUT2D eigenvalue weighted by Gasteiger charge is -2.27. The summed E-state index contributed by atoms with van der Waals surface area (Å²) >= 11 is 0. The Morgan fingerprint density at radius 2 is 1.18 bits per heavy atom. The first kappa shape index (κ1) is 35.2. The molecule has 0 bridgehead atoms. The van der Waals surface area contributed by atoms with Crippen LogP contribution in [0, 0.1) is 5.92 Å². The molecule has 6 amide bonds. The van der Waals surface area contributed by atoms with E-state index in [1.165, 1.54) is 27.7 Å². The van der Waals surface area contributed by atoms with Crippen LogP contribution in [0.3, 0.4) is 0 Å². The van der Waals surface area contributed by atoms with Crippen molar-refractivity contribution in [1.29, 1.82) is 0 Å². The van der Waals surface area contributed by atoms with Gasteiger partial charge in [-0.05, 0) is 33.6 Å². The van der Waals surface area contributed by atoms with Gasteiger partial charge in [0.2, 0.25) is 35.4 Å². The molecular weight excluding hydrogens is 518 g/mol. The molecule has 222 valence electrons. The number of carboxylic acid groups (broad SMARTS) is 1. The summed E-state index contributed by atoms with van der Waals surface area (Å²) in [6.45, 7) is 7.50. The average Bonchev–Trinajstić information content (AvgIpc) is 2.87. The first-order valence-electron chi connectivity index (χ1n) is 12.4. The molecule has 0 radical (unpaired) electrons. The summed E-state index contributed by atoms with van der Waals surface area (Å²) in [7, 11) is 0. The number of aliphatic carboxylic acids is 1. The topological polar surface area (TPSA) is 258 Å². The van der Waals surface area contributed by atoms with E-state index < -0.39 is 96.7 Å². The minimum atomic E-state index is -1.43. The number of rotatable bonds is 16. The van der Waals surface area contributed by atoms with Gasteiger partial charge in [0, 0.05) is 0 Å². The van der Waals surface area contributed by atoms with Gasteiger partial charge in [0.25, 0.3) is 0 Å². The van der Waals surface area contributed by atoms with E-state index in [2.05, 4.69) is 31.9 Å². The van der Waals surface area contributed by atoms with Crippen LogP contribution in [0.25, 0.3) is 0 Å². The number of carboxylic acids is 1. The maximum Gasteiger partial charge on any atom is 0.325 e. The van der Waals surface area contributed by atoms with Crippen LogP contribution >= 0.6 is 0 Å². The van der Waals surface area contributed by atoms with Crippen molar-refractivity contribution in [1.82, 2.24) is 31.9 Å². The summed E-state index contributed by atoms with van der Waals surface area (Å²) < 4.78 is 0. The van der Waals surface area contributed by atoms with Gasteiger partial charge in [0.05, 0.1) is 19.2 Å². The molecule has 16 heteroatoms. The van der Waals surface area contributed by atoms with Crippen LogP contribution in [0.5, 0.6) is 0 Å². The van der Waals surface area contributed by atoms with Crippen LogP contribution in [0.2, 0.25) is 0 Å². The molecule has 7 atom stereocenters. The zero-order chi connectivity index (χ0) is 30.4. The largest absolute Gasteiger partial charge is 0.480 e. The summed E-state index contributed by atoms with van der Waals surface area (Å²) in [6.07, 6.45) is 0.442. The number of nitrogens with two attached hydrogens (primary N) is 1. The zero-order valence-electron chi connectivity index (χ0n) is 23.0. The third-order valence-electron chi connectivity index (χ3n) is 5.70. The average molecular weight is 560 g/mol. The second-order valence-electron chi connectivity index (χ2n) is 9.21. The van der Waals surface area contributed by atoms with Gasteiger partial charge in [0.1, 0.15) is 30.2 Å². The minimum absolute atomic E-state index is 0.424. The molecule has 0 rings (SSSR count). The molecule has 0 aliphatic carbocycles. The van der Waals surface area contributed by atoms with Crippen LogP contribution in [0.4, 0.5) is 0 Å². The smallest absolute Gasteiger partial charge is 0.325 e. The number of aliphatic hydroxyl groups is 1. The van der Waals surface area contributed by atoms with E-state index in [0.717, 1.165) is 0 Å². The lowest BCUT2D eigenvalue weighted by atomic mass is 9.97. The number of hydrogen-bond donors (Lipinski definition) is 9. The van der Waals surface area contributed by atoms with Crippen molar-refractivity contribution in [2.24, 2.45) is 11.7 Å². The SMILES string of the molecule is CC[C@H](C)[C@H](NC(=O)[C@H](CO)NC(=O)CNC(=O)[C@H](C)N)C(=O)N[C@@H](C)C(=O)N[C@@H](C)C(=O)N[C@@H](C)C(=O)O. The highest BCUT2D eigenvalue weighted by Gasteiger charge is 2.32. The fraction of sp³-hybridized carbons (Fsp3) is 0.696. The van der Waals surface area contributed by atoms with Gasteiger partial charge < -0.3 is 47.8 Å². The highest BCUT2D eigenvalue weighted by atomic mass is 16.4. The maximum atomic E-state index is 12.9. The second kappa shape index (κ2) is 16.9. The fourth-order valence-electron chi connectivity index (χ4n) is 2.90. The molecular formula is C23H41N7O9. The number of carbonyl (C=O) groups is 7. The summed E-state index contributed by atoms with van der Waals surface area (Å²) in [5.41, 5.74) is 5.39. The van der Waals surface area contributed by atoms with Crippen molar-refractivity contribution in [3.63, 3.8) is 0 Å². The highest BCUT2D eigenvalue weighted by Crippen LogP contribution is 2.09. The Labute approximate surface area is 226 Å². The van der Waals surface area contributed by atoms with E-state index in [9.17, 15) is 38.7 Å². The maximum absolute atomic E-state index is 12.9. The summed E-state index contributed by atoms with van der Waals surface area (Å²) in [5, 5.41) is 32.5. The van der Waals surface area contributed by atoms with Crippen molar-refractivity contribution in [3.8, 4) is 0 Å². The first-order valence-corrected chi connectivity index (χ1v) is 12.4. The second-order valence-corrected chi connectivity index (χ2v) is 9.21. The van der Waals surface area contributed by atoms with Gasteiger partial charge in [0.15, 0.2) is 0 Å². The Morgan fingerprint density at radius 3 is 1.62 bits per heavy atom. The molecule has 0 saturated heterocycles. The molecule has 10 N–H and O–H groups in total. The Bertz CT molecular complexity index is 912. The van der Waals surface area contributed by atoms with Crippen molar-refractivity contribution in [2.45, 2.75) is 84.2 Å². The Morgan fingerprint density at radius 1 is 0.692 bits per heavy atom. The third-order valence-corrected chi connectivity index (χ3v) is 5.70. The van der Waals surface area contributed by atoms with Crippen molar-refractivity contribution in [2.75, 3.05) is 13.2 Å². The van der Waals surface area contributed by atoms with E-state index in [0.29, 0.717) is 6.42 Å². The Hall–Kier alpha value is -3.79. The number of carbonyl (C=O) groups excluding carboxylic acids is 6. The van der Waals surface area contributed by atoms with Crippen LogP contribution in [0.1, 0.15) is 48.0 Å². The van der Waals surface area contributed by atoms with Gasteiger partial charge >= 0.3 is 5.97 Å². The Kier molecular flexibility index (Phi) is 15.3. The summed E-state index contributed by atoms with van der Waals surface area (Å²) in [4.78, 5) is 84.7. The molecule has 0 fully saturated rings. The number of hydrogen-bond acceptors (Lipinski definition) is 9. The minimum Gasteiger partial charge on any atom is -0.480 e. The predicted molar refractivity (Wildman–Crippen MR) is 138 cm³/mol. The molecule has 0 saturated carbocycles. The van der Waals surface area contributed by atoms with Crippen molar-refractivity contribution >= 4 is 41.4 Å². The lowest BCUT2D eigenvalue weighted by Crippen LogP contribution is -2.60. The van der Waals surface area contributed by atoms with Crippen LogP contribution in [-0.4, -0.2) is 101 Å². The molecule has 16 nitrogen and oxygen atoms in total. The molecule has 0 heterocycles. The summed E-state index contributed by atoms with van der Waals surface area (Å²) in [6, 6.07) is -6.86. The fourth-order valence-corrected chi connectivity index (χ4v) is 2.90. The van der Waals surface area contributed by atoms with E-state index in [-0.39, 0.29) is 0 Å². The van der Waals surface area contributed by atoms with Gasteiger partial charge in [-0.15, -0.1) is 0 Å². The lowest BCUT2D eigenvalue weighted by molar-refractivity contribution is -0.141. The molecule has 0 aromatic carbocycles. The molecule has 0 unspecified atom stereocenters. The molecule has 39 heavy (non-hydrogen) atoms. The van der Waals surface area contributed by atoms with Gasteiger partial charge in [-0.1, -0.05) is 20.3 Å². The molecule has 0 spiro atoms. The van der Waals surface area contributed by atoms with Crippen LogP contribution in [0.15, 0.2) is 0 Å². The van der Waals surface area contributed by atoms with Crippen LogP contribution < -0.4 is 37.6 Å². The van der Waals surface area contributed by atoms with Gasteiger partial charge in [-0.3, -0.25) is 33.6 Å². The number of nitrogens with one attached hydrogen (secondary N) is 6. The standard InChI is InChI=1S/C23H41N7O9/c1-7-10(2)17(30-21(36)15(9-31)29-16(32)8-25-18(33)11(3)24)22(37)27-13(5)19(34)26-12(4)20(35)28-14(6)23(38)39/h10-15,17,31H,7-9,24H2,1-6H3,(H,25,33)(H,26,34)(H,27,37)(H,28,35)(H,29,32)(H,30,36)(H,38,39)/t10-,11-,12-,13-,14-,15-,17-/m0/s1. The van der Waals surface area contributed by atoms with Gasteiger partial charge in [-0.2, -0.15) is 0 Å². The number of amides is 6. The normalized spacial score (nSPS) is 16.1. The molecule has 0 aromatic rings. The highest BCUT2D eigenvalue weighted by molar-refractivity contribution is 5.96. The first-order chi connectivity index (χ1) is 18.0. The summed E-state index contributed by atoms with van der Waals surface area (Å²) in [5.74, 6) is -6.13.